The molecule has 0 saturated carbocycles. The van der Waals surface area contributed by atoms with Crippen LogP contribution in [0.5, 0.6) is 5.75 Å². The van der Waals surface area contributed by atoms with Gasteiger partial charge < -0.3 is 14.4 Å². The third-order valence-electron chi connectivity index (χ3n) is 4.43. The molecule has 7 nitrogen and oxygen atoms in total. The summed E-state index contributed by atoms with van der Waals surface area (Å²) >= 11 is 5.34. The van der Waals surface area contributed by atoms with Gasteiger partial charge in [0, 0.05) is 31.6 Å². The third kappa shape index (κ3) is 4.13. The number of nitrogens with zero attached hydrogens (tertiary/aromatic N) is 3. The molecule has 26 heavy (non-hydrogen) atoms. The minimum Gasteiger partial charge on any atom is -0.497 e. The maximum atomic E-state index is 12.6. The van der Waals surface area contributed by atoms with Crippen molar-refractivity contribution in [2.24, 2.45) is 0 Å². The number of aromatic amines is 1. The first-order valence-corrected chi connectivity index (χ1v) is 9.11. The largest absolute Gasteiger partial charge is 0.497 e. The van der Waals surface area contributed by atoms with Crippen LogP contribution in [-0.4, -0.2) is 58.0 Å². The Bertz CT molecular complexity index is 805. The first kappa shape index (κ1) is 18.6. The van der Waals surface area contributed by atoms with E-state index in [1.54, 1.807) is 7.11 Å². The van der Waals surface area contributed by atoms with Crippen LogP contribution >= 0.6 is 12.2 Å². The SMILES string of the molecule is COc1ccc(-c2n[nH]c(=S)n2CCC(=O)N2C[C@H](C)O[C@@H](C)C2)cc1. The van der Waals surface area contributed by atoms with E-state index in [2.05, 4.69) is 10.2 Å². The highest BCUT2D eigenvalue weighted by atomic mass is 32.1. The van der Waals surface area contributed by atoms with Gasteiger partial charge in [-0.15, -0.1) is 0 Å². The summed E-state index contributed by atoms with van der Waals surface area (Å²) in [6.45, 7) is 5.72. The van der Waals surface area contributed by atoms with Crippen molar-refractivity contribution >= 4 is 18.1 Å². The quantitative estimate of drug-likeness (QED) is 0.812. The Morgan fingerprint density at radius 3 is 2.58 bits per heavy atom. The molecule has 8 heteroatoms. The Morgan fingerprint density at radius 2 is 1.96 bits per heavy atom. The van der Waals surface area contributed by atoms with Crippen molar-refractivity contribution in [1.82, 2.24) is 19.7 Å². The Morgan fingerprint density at radius 1 is 1.31 bits per heavy atom. The van der Waals surface area contributed by atoms with Crippen LogP contribution < -0.4 is 4.74 Å². The molecule has 1 saturated heterocycles. The minimum atomic E-state index is 0.0636. The number of amides is 1. The van der Waals surface area contributed by atoms with Crippen molar-refractivity contribution < 1.29 is 14.3 Å². The average molecular weight is 376 g/mol. The number of carbonyl (C=O) groups is 1. The number of benzene rings is 1. The predicted molar refractivity (Wildman–Crippen MR) is 101 cm³/mol. The lowest BCUT2D eigenvalue weighted by molar-refractivity contribution is -0.143. The molecule has 1 aliphatic heterocycles. The van der Waals surface area contributed by atoms with Gasteiger partial charge in [0.2, 0.25) is 5.91 Å². The highest BCUT2D eigenvalue weighted by Gasteiger charge is 2.25. The van der Waals surface area contributed by atoms with Gasteiger partial charge in [-0.2, -0.15) is 5.10 Å². The van der Waals surface area contributed by atoms with E-state index in [4.69, 9.17) is 21.7 Å². The lowest BCUT2D eigenvalue weighted by atomic mass is 10.2. The van der Waals surface area contributed by atoms with E-state index in [-0.39, 0.29) is 18.1 Å². The van der Waals surface area contributed by atoms with Gasteiger partial charge in [-0.3, -0.25) is 14.5 Å². The highest BCUT2D eigenvalue weighted by Crippen LogP contribution is 2.21. The molecule has 0 spiro atoms. The summed E-state index contributed by atoms with van der Waals surface area (Å²) in [6, 6.07) is 7.60. The maximum Gasteiger partial charge on any atom is 0.224 e. The van der Waals surface area contributed by atoms with Gasteiger partial charge in [0.1, 0.15) is 5.75 Å². The summed E-state index contributed by atoms with van der Waals surface area (Å²) in [7, 11) is 1.63. The van der Waals surface area contributed by atoms with E-state index in [0.717, 1.165) is 11.3 Å². The van der Waals surface area contributed by atoms with Crippen LogP contribution in [0.2, 0.25) is 0 Å². The van der Waals surface area contributed by atoms with Crippen LogP contribution in [0, 0.1) is 4.77 Å². The molecule has 1 aromatic heterocycles. The number of H-pyrrole nitrogens is 1. The molecule has 0 bridgehead atoms. The molecule has 1 aromatic carbocycles. The van der Waals surface area contributed by atoms with Gasteiger partial charge in [0.05, 0.1) is 19.3 Å². The highest BCUT2D eigenvalue weighted by molar-refractivity contribution is 7.71. The van der Waals surface area contributed by atoms with Crippen molar-refractivity contribution in [2.75, 3.05) is 20.2 Å². The smallest absolute Gasteiger partial charge is 0.224 e. The summed E-state index contributed by atoms with van der Waals surface area (Å²) in [4.78, 5) is 14.5. The van der Waals surface area contributed by atoms with Gasteiger partial charge in [-0.1, -0.05) is 0 Å². The molecule has 1 amide bonds. The number of rotatable bonds is 5. The maximum absolute atomic E-state index is 12.6. The van der Waals surface area contributed by atoms with Crippen molar-refractivity contribution in [1.29, 1.82) is 0 Å². The zero-order valence-corrected chi connectivity index (χ0v) is 16.1. The van der Waals surface area contributed by atoms with Crippen molar-refractivity contribution in [2.45, 2.75) is 39.0 Å². The fraction of sp³-hybridized carbons (Fsp3) is 0.500. The topological polar surface area (TPSA) is 72.4 Å². The zero-order chi connectivity index (χ0) is 18.7. The number of methoxy groups -OCH3 is 1. The Balaban J connectivity index is 1.71. The number of nitrogens with one attached hydrogen (secondary N) is 1. The van der Waals surface area contributed by atoms with Gasteiger partial charge in [0.25, 0.3) is 0 Å². The van der Waals surface area contributed by atoms with Crippen LogP contribution in [0.1, 0.15) is 20.3 Å². The summed E-state index contributed by atoms with van der Waals surface area (Å²) < 4.78 is 13.2. The molecule has 1 aliphatic rings. The van der Waals surface area contributed by atoms with Crippen molar-refractivity contribution in [3.05, 3.63) is 29.0 Å². The Hall–Kier alpha value is -2.19. The van der Waals surface area contributed by atoms with Gasteiger partial charge in [-0.25, -0.2) is 0 Å². The predicted octanol–water partition coefficient (Wildman–Crippen LogP) is 2.64. The number of hydrogen-bond acceptors (Lipinski definition) is 5. The number of aromatic nitrogens is 3. The fourth-order valence-corrected chi connectivity index (χ4v) is 3.46. The molecule has 1 N–H and O–H groups in total. The molecular formula is C18H24N4O3S. The monoisotopic (exact) mass is 376 g/mol. The Labute approximate surface area is 157 Å². The summed E-state index contributed by atoms with van der Waals surface area (Å²) in [5, 5.41) is 7.14. The Kier molecular flexibility index (Phi) is 5.73. The fourth-order valence-electron chi connectivity index (χ4n) is 3.23. The van der Waals surface area contributed by atoms with E-state index in [1.165, 1.54) is 0 Å². The second-order valence-corrected chi connectivity index (χ2v) is 6.93. The number of morpholine rings is 1. The van der Waals surface area contributed by atoms with Gasteiger partial charge in [-0.05, 0) is 50.3 Å². The summed E-state index contributed by atoms with van der Waals surface area (Å²) in [5.41, 5.74) is 0.916. The second kappa shape index (κ2) is 8.01. The molecule has 3 rings (SSSR count). The normalized spacial score (nSPS) is 20.2. The van der Waals surface area contributed by atoms with Crippen molar-refractivity contribution in [3.8, 4) is 17.1 Å². The standard InChI is InChI=1S/C18H24N4O3S/c1-12-10-21(11-13(2)25-12)16(23)8-9-22-17(19-20-18(22)26)14-4-6-15(24-3)7-5-14/h4-7,12-13H,8-11H2,1-3H3,(H,20,26)/t12-,13-/m0/s1. The van der Waals surface area contributed by atoms with Gasteiger partial charge in [0.15, 0.2) is 10.6 Å². The first-order chi connectivity index (χ1) is 12.5. The lowest BCUT2D eigenvalue weighted by Gasteiger charge is -2.35. The molecule has 0 unspecified atom stereocenters. The number of hydrogen-bond donors (Lipinski definition) is 1. The summed E-state index contributed by atoms with van der Waals surface area (Å²) in [5.74, 6) is 1.60. The molecular weight excluding hydrogens is 352 g/mol. The lowest BCUT2D eigenvalue weighted by Crippen LogP contribution is -2.48. The van der Waals surface area contributed by atoms with E-state index in [9.17, 15) is 4.79 Å². The molecule has 2 atom stereocenters. The molecule has 2 aromatic rings. The molecule has 140 valence electrons. The van der Waals surface area contributed by atoms with E-state index in [1.807, 2.05) is 47.6 Å². The average Bonchev–Trinajstić information content (AvgIpc) is 2.99. The van der Waals surface area contributed by atoms with Crippen LogP contribution in [0.15, 0.2) is 24.3 Å². The zero-order valence-electron chi connectivity index (χ0n) is 15.3. The van der Waals surface area contributed by atoms with Crippen LogP contribution in [-0.2, 0) is 16.1 Å². The van der Waals surface area contributed by atoms with E-state index >= 15 is 0 Å². The molecule has 0 radical (unpaired) electrons. The first-order valence-electron chi connectivity index (χ1n) is 8.70. The number of ether oxygens (including phenoxy) is 2. The molecule has 1 fully saturated rings. The van der Waals surface area contributed by atoms with Gasteiger partial charge >= 0.3 is 0 Å². The number of carbonyl (C=O) groups excluding carboxylic acids is 1. The molecule has 0 aliphatic carbocycles. The summed E-state index contributed by atoms with van der Waals surface area (Å²) in [6.07, 6.45) is 0.499. The van der Waals surface area contributed by atoms with E-state index in [0.29, 0.717) is 36.7 Å². The second-order valence-electron chi connectivity index (χ2n) is 6.54. The van der Waals surface area contributed by atoms with Crippen molar-refractivity contribution in [3.63, 3.8) is 0 Å². The van der Waals surface area contributed by atoms with Crippen LogP contribution in [0.25, 0.3) is 11.4 Å². The minimum absolute atomic E-state index is 0.0636. The van der Waals surface area contributed by atoms with Crippen LogP contribution in [0.3, 0.4) is 0 Å². The van der Waals surface area contributed by atoms with Crippen LogP contribution in [0.4, 0.5) is 0 Å². The van der Waals surface area contributed by atoms with E-state index < -0.39 is 0 Å². The third-order valence-corrected chi connectivity index (χ3v) is 4.74. The molecule has 2 heterocycles.